The molecule has 0 fully saturated rings. The van der Waals surface area contributed by atoms with Gasteiger partial charge in [0.25, 0.3) is 5.56 Å². The van der Waals surface area contributed by atoms with Crippen LogP contribution < -0.4 is 15.6 Å². The standard InChI is InChI=1S/C25H21N3O5S/c1-32-21-10-6-5-9-20(21)28-23(30)18-7-3-4-8-19(18)27-25(28)34-15-22(29)26-17-13-11-16(12-14-17)24(31)33-2/h3-14H,15H2,1-2H3,(H,26,29). The highest BCUT2D eigenvalue weighted by molar-refractivity contribution is 7.99. The molecule has 4 aromatic rings. The third kappa shape index (κ3) is 4.79. The lowest BCUT2D eigenvalue weighted by atomic mass is 10.2. The first-order chi connectivity index (χ1) is 16.5. The second kappa shape index (κ2) is 10.2. The van der Waals surface area contributed by atoms with Gasteiger partial charge < -0.3 is 14.8 Å². The second-order valence-electron chi connectivity index (χ2n) is 7.13. The third-order valence-corrected chi connectivity index (χ3v) is 5.93. The summed E-state index contributed by atoms with van der Waals surface area (Å²) < 4.78 is 11.6. The normalized spacial score (nSPS) is 10.6. The van der Waals surface area contributed by atoms with Crippen LogP contribution in [0.15, 0.2) is 82.7 Å². The van der Waals surface area contributed by atoms with Crippen LogP contribution >= 0.6 is 11.8 Å². The van der Waals surface area contributed by atoms with Crippen LogP contribution in [0, 0.1) is 0 Å². The van der Waals surface area contributed by atoms with Crippen LogP contribution in [0.25, 0.3) is 16.6 Å². The molecule has 34 heavy (non-hydrogen) atoms. The zero-order valence-electron chi connectivity index (χ0n) is 18.5. The van der Waals surface area contributed by atoms with Gasteiger partial charge in [0.1, 0.15) is 5.75 Å². The second-order valence-corrected chi connectivity index (χ2v) is 8.07. The number of hydrogen-bond acceptors (Lipinski definition) is 7. The number of esters is 1. The summed E-state index contributed by atoms with van der Waals surface area (Å²) in [6.45, 7) is 0. The smallest absolute Gasteiger partial charge is 0.337 e. The van der Waals surface area contributed by atoms with E-state index in [1.165, 1.54) is 18.8 Å². The monoisotopic (exact) mass is 475 g/mol. The summed E-state index contributed by atoms with van der Waals surface area (Å²) in [5.41, 5.74) is 1.74. The number of ether oxygens (including phenoxy) is 2. The third-order valence-electron chi connectivity index (χ3n) is 4.99. The molecule has 3 aromatic carbocycles. The first-order valence-electron chi connectivity index (χ1n) is 10.3. The van der Waals surface area contributed by atoms with Crippen molar-refractivity contribution in [3.63, 3.8) is 0 Å². The van der Waals surface area contributed by atoms with E-state index in [0.29, 0.717) is 38.7 Å². The molecule has 172 valence electrons. The van der Waals surface area contributed by atoms with E-state index in [-0.39, 0.29) is 17.2 Å². The number of benzene rings is 3. The fourth-order valence-electron chi connectivity index (χ4n) is 3.37. The number of carbonyl (C=O) groups excluding carboxylic acids is 2. The zero-order valence-corrected chi connectivity index (χ0v) is 19.3. The first-order valence-corrected chi connectivity index (χ1v) is 11.3. The van der Waals surface area contributed by atoms with Gasteiger partial charge in [0, 0.05) is 5.69 Å². The van der Waals surface area contributed by atoms with Crippen LogP contribution in [0.5, 0.6) is 5.75 Å². The molecule has 9 heteroatoms. The minimum absolute atomic E-state index is 0.0126. The lowest BCUT2D eigenvalue weighted by Crippen LogP contribution is -2.23. The molecule has 1 heterocycles. The molecular weight excluding hydrogens is 454 g/mol. The molecule has 0 aliphatic carbocycles. The van der Waals surface area contributed by atoms with Gasteiger partial charge >= 0.3 is 5.97 Å². The number of nitrogens with one attached hydrogen (secondary N) is 1. The van der Waals surface area contributed by atoms with Crippen molar-refractivity contribution in [3.8, 4) is 11.4 Å². The predicted octanol–water partition coefficient (Wildman–Crippen LogP) is 3.91. The number of methoxy groups -OCH3 is 2. The minimum atomic E-state index is -0.454. The van der Waals surface area contributed by atoms with Crippen LogP contribution in [0.2, 0.25) is 0 Å². The predicted molar refractivity (Wildman–Crippen MR) is 131 cm³/mol. The Bertz CT molecular complexity index is 1420. The molecule has 0 spiro atoms. The molecule has 0 saturated carbocycles. The van der Waals surface area contributed by atoms with E-state index in [0.717, 1.165) is 11.8 Å². The molecule has 0 unspecified atom stereocenters. The lowest BCUT2D eigenvalue weighted by Gasteiger charge is -2.15. The Morgan fingerprint density at radius 1 is 0.971 bits per heavy atom. The van der Waals surface area contributed by atoms with Crippen molar-refractivity contribution in [3.05, 3.63) is 88.7 Å². The molecule has 8 nitrogen and oxygen atoms in total. The molecule has 1 N–H and O–H groups in total. The number of rotatable bonds is 7. The molecule has 1 amide bonds. The van der Waals surface area contributed by atoms with Crippen molar-refractivity contribution in [1.29, 1.82) is 0 Å². The summed E-state index contributed by atoms with van der Waals surface area (Å²) in [6.07, 6.45) is 0. The highest BCUT2D eigenvalue weighted by Crippen LogP contribution is 2.27. The van der Waals surface area contributed by atoms with E-state index in [9.17, 15) is 14.4 Å². The van der Waals surface area contributed by atoms with Crippen molar-refractivity contribution < 1.29 is 19.1 Å². The van der Waals surface area contributed by atoms with E-state index in [4.69, 9.17) is 4.74 Å². The quantitative estimate of drug-likeness (QED) is 0.246. The van der Waals surface area contributed by atoms with Crippen molar-refractivity contribution in [1.82, 2.24) is 9.55 Å². The van der Waals surface area contributed by atoms with Gasteiger partial charge in [-0.2, -0.15) is 0 Å². The van der Waals surface area contributed by atoms with Crippen molar-refractivity contribution in [2.75, 3.05) is 25.3 Å². The van der Waals surface area contributed by atoms with Crippen LogP contribution in [0.4, 0.5) is 5.69 Å². The maximum atomic E-state index is 13.4. The molecule has 4 rings (SSSR count). The van der Waals surface area contributed by atoms with Gasteiger partial charge in [-0.25, -0.2) is 9.78 Å². The molecule has 0 aliphatic rings. The highest BCUT2D eigenvalue weighted by Gasteiger charge is 2.17. The molecule has 0 radical (unpaired) electrons. The Morgan fingerprint density at radius 3 is 2.41 bits per heavy atom. The number of nitrogens with zero attached hydrogens (tertiary/aromatic N) is 2. The fraction of sp³-hybridized carbons (Fsp3) is 0.120. The van der Waals surface area contributed by atoms with Crippen molar-refractivity contribution >= 4 is 40.2 Å². The summed E-state index contributed by atoms with van der Waals surface area (Å²) in [5, 5.41) is 3.61. The van der Waals surface area contributed by atoms with E-state index in [1.807, 2.05) is 6.07 Å². The van der Waals surface area contributed by atoms with Gasteiger partial charge in [-0.3, -0.25) is 14.2 Å². The minimum Gasteiger partial charge on any atom is -0.495 e. The number of thioether (sulfide) groups is 1. The summed E-state index contributed by atoms with van der Waals surface area (Å²) in [7, 11) is 2.84. The van der Waals surface area contributed by atoms with E-state index in [2.05, 4.69) is 15.0 Å². The molecule has 0 saturated heterocycles. The van der Waals surface area contributed by atoms with Gasteiger partial charge in [-0.05, 0) is 48.5 Å². The number of fused-ring (bicyclic) bond motifs is 1. The van der Waals surface area contributed by atoms with E-state index < -0.39 is 5.97 Å². The topological polar surface area (TPSA) is 99.5 Å². The maximum Gasteiger partial charge on any atom is 0.337 e. The van der Waals surface area contributed by atoms with Crippen LogP contribution in [-0.4, -0.2) is 41.4 Å². The summed E-state index contributed by atoms with van der Waals surface area (Å²) in [4.78, 5) is 42.2. The lowest BCUT2D eigenvalue weighted by molar-refractivity contribution is -0.113. The van der Waals surface area contributed by atoms with Crippen molar-refractivity contribution in [2.24, 2.45) is 0 Å². The Morgan fingerprint density at radius 2 is 1.68 bits per heavy atom. The van der Waals surface area contributed by atoms with Gasteiger partial charge in [0.15, 0.2) is 5.16 Å². The average Bonchev–Trinajstić information content (AvgIpc) is 2.87. The van der Waals surface area contributed by atoms with Crippen LogP contribution in [-0.2, 0) is 9.53 Å². The number of carbonyl (C=O) groups is 2. The van der Waals surface area contributed by atoms with Gasteiger partial charge in [0.2, 0.25) is 5.91 Å². The molecule has 1 aromatic heterocycles. The van der Waals surface area contributed by atoms with E-state index >= 15 is 0 Å². The fourth-order valence-corrected chi connectivity index (χ4v) is 4.18. The number of anilines is 1. The Hall–Kier alpha value is -4.11. The first kappa shape index (κ1) is 23.1. The zero-order chi connectivity index (χ0) is 24.1. The Balaban J connectivity index is 1.62. The van der Waals surface area contributed by atoms with Gasteiger partial charge in [-0.1, -0.05) is 36.0 Å². The summed E-state index contributed by atoms with van der Waals surface area (Å²) in [5.74, 6) is -0.216. The number of hydrogen-bond donors (Lipinski definition) is 1. The number of para-hydroxylation sites is 3. The Labute approximate surface area is 199 Å². The maximum absolute atomic E-state index is 13.4. The average molecular weight is 476 g/mol. The summed E-state index contributed by atoms with van der Waals surface area (Å²) >= 11 is 1.14. The molecule has 0 atom stereocenters. The van der Waals surface area contributed by atoms with Gasteiger partial charge in [-0.15, -0.1) is 0 Å². The van der Waals surface area contributed by atoms with Crippen molar-refractivity contribution in [2.45, 2.75) is 5.16 Å². The Kier molecular flexibility index (Phi) is 6.93. The molecule has 0 aliphatic heterocycles. The SMILES string of the molecule is COC(=O)c1ccc(NC(=O)CSc2nc3ccccc3c(=O)n2-c2ccccc2OC)cc1. The van der Waals surface area contributed by atoms with E-state index in [1.54, 1.807) is 66.7 Å². The highest BCUT2D eigenvalue weighted by atomic mass is 32.2. The summed E-state index contributed by atoms with van der Waals surface area (Å²) in [6, 6.07) is 20.6. The van der Waals surface area contributed by atoms with Crippen LogP contribution in [0.1, 0.15) is 10.4 Å². The van der Waals surface area contributed by atoms with Gasteiger partial charge in [0.05, 0.1) is 42.1 Å². The van der Waals surface area contributed by atoms with Crippen LogP contribution in [0.3, 0.4) is 0 Å². The molecule has 0 bridgehead atoms. The number of aromatic nitrogens is 2. The molecular formula is C25H21N3O5S. The number of amides is 1. The largest absolute Gasteiger partial charge is 0.495 e.